The highest BCUT2D eigenvalue weighted by molar-refractivity contribution is 9.11. The van der Waals surface area contributed by atoms with E-state index >= 15 is 0 Å². The zero-order valence-electron chi connectivity index (χ0n) is 15.9. The van der Waals surface area contributed by atoms with Crippen molar-refractivity contribution in [3.05, 3.63) is 97.4 Å². The summed E-state index contributed by atoms with van der Waals surface area (Å²) in [5, 5.41) is 1.86. The van der Waals surface area contributed by atoms with Gasteiger partial charge >= 0.3 is 0 Å². The quantitative estimate of drug-likeness (QED) is 0.311. The molecule has 1 heterocycles. The Balaban J connectivity index is 1.56. The molecule has 3 aromatic rings. The molecule has 156 valence electrons. The molecule has 0 spiro atoms. The number of amides is 2. The Morgan fingerprint density at radius 1 is 0.968 bits per heavy atom. The smallest absolute Gasteiger partial charge is 0.282 e. The topological polar surface area (TPSA) is 58.6 Å². The zero-order chi connectivity index (χ0) is 22.0. The highest BCUT2D eigenvalue weighted by atomic mass is 79.9. The SMILES string of the molecule is O=C1NN(c2ccccc2)C(=O)/C1=C\c1cc(Br)c(OCc2ccccc2Cl)c(Br)c1. The lowest BCUT2D eigenvalue weighted by molar-refractivity contribution is -0.117. The van der Waals surface area contributed by atoms with E-state index in [1.807, 2.05) is 30.3 Å². The summed E-state index contributed by atoms with van der Waals surface area (Å²) in [5.74, 6) is -0.280. The number of rotatable bonds is 5. The van der Waals surface area contributed by atoms with Crippen molar-refractivity contribution in [1.29, 1.82) is 0 Å². The van der Waals surface area contributed by atoms with Crippen molar-refractivity contribution in [2.24, 2.45) is 0 Å². The number of halogens is 3. The van der Waals surface area contributed by atoms with Gasteiger partial charge in [-0.05, 0) is 73.8 Å². The highest BCUT2D eigenvalue weighted by Crippen LogP contribution is 2.36. The third kappa shape index (κ3) is 4.69. The van der Waals surface area contributed by atoms with Gasteiger partial charge in [0.2, 0.25) is 0 Å². The Bertz CT molecular complexity index is 1180. The van der Waals surface area contributed by atoms with E-state index < -0.39 is 11.8 Å². The highest BCUT2D eigenvalue weighted by Gasteiger charge is 2.34. The van der Waals surface area contributed by atoms with Crippen molar-refractivity contribution in [1.82, 2.24) is 5.43 Å². The van der Waals surface area contributed by atoms with Gasteiger partial charge in [0.25, 0.3) is 11.8 Å². The summed E-state index contributed by atoms with van der Waals surface area (Å²) in [6, 6.07) is 20.0. The molecule has 4 rings (SSSR count). The summed E-state index contributed by atoms with van der Waals surface area (Å²) in [4.78, 5) is 25.2. The van der Waals surface area contributed by atoms with Crippen LogP contribution < -0.4 is 15.2 Å². The van der Waals surface area contributed by atoms with Crippen LogP contribution >= 0.6 is 43.5 Å². The maximum atomic E-state index is 12.8. The molecule has 1 aliphatic heterocycles. The van der Waals surface area contributed by atoms with Crippen molar-refractivity contribution in [3.8, 4) is 5.75 Å². The Morgan fingerprint density at radius 3 is 2.29 bits per heavy atom. The van der Waals surface area contributed by atoms with Crippen LogP contribution in [0.4, 0.5) is 5.69 Å². The van der Waals surface area contributed by atoms with Gasteiger partial charge in [-0.1, -0.05) is 48.0 Å². The average Bonchev–Trinajstić information content (AvgIpc) is 3.03. The van der Waals surface area contributed by atoms with E-state index in [0.717, 1.165) is 5.56 Å². The molecular weight excluding hydrogens is 548 g/mol. The van der Waals surface area contributed by atoms with E-state index in [-0.39, 0.29) is 5.57 Å². The lowest BCUT2D eigenvalue weighted by atomic mass is 10.1. The standard InChI is InChI=1S/C23H15Br2ClN2O3/c24-18-11-14(12-19(25)21(18)31-13-15-6-4-5-9-20(15)26)10-17-22(29)27-28(23(17)30)16-7-2-1-3-8-16/h1-12H,13H2,(H,27,29)/b17-10-. The first kappa shape index (κ1) is 21.6. The summed E-state index contributed by atoms with van der Waals surface area (Å²) >= 11 is 13.2. The number of anilines is 1. The number of benzene rings is 3. The largest absolute Gasteiger partial charge is 0.486 e. The summed E-state index contributed by atoms with van der Waals surface area (Å²) in [6.45, 7) is 0.296. The molecule has 0 aliphatic carbocycles. The van der Waals surface area contributed by atoms with Crippen molar-refractivity contribution < 1.29 is 14.3 Å². The van der Waals surface area contributed by atoms with E-state index in [9.17, 15) is 9.59 Å². The van der Waals surface area contributed by atoms with Crippen LogP contribution in [0, 0.1) is 0 Å². The second-order valence-electron chi connectivity index (χ2n) is 6.67. The predicted octanol–water partition coefficient (Wildman–Crippen LogP) is 5.91. The van der Waals surface area contributed by atoms with Gasteiger partial charge < -0.3 is 4.74 Å². The van der Waals surface area contributed by atoms with E-state index in [4.69, 9.17) is 16.3 Å². The van der Waals surface area contributed by atoms with Crippen LogP contribution in [-0.4, -0.2) is 11.8 Å². The first-order valence-electron chi connectivity index (χ1n) is 9.21. The molecule has 0 saturated carbocycles. The van der Waals surface area contributed by atoms with Crippen LogP contribution in [0.25, 0.3) is 6.08 Å². The molecule has 1 aliphatic rings. The summed E-state index contributed by atoms with van der Waals surface area (Å²) in [6.07, 6.45) is 1.55. The Kier molecular flexibility index (Phi) is 6.46. The molecule has 31 heavy (non-hydrogen) atoms. The van der Waals surface area contributed by atoms with Gasteiger partial charge in [-0.3, -0.25) is 15.0 Å². The molecule has 2 amide bonds. The number of hydrogen-bond acceptors (Lipinski definition) is 3. The van der Waals surface area contributed by atoms with Crippen molar-refractivity contribution >= 4 is 67.0 Å². The van der Waals surface area contributed by atoms with E-state index in [0.29, 0.717) is 37.6 Å². The van der Waals surface area contributed by atoms with Gasteiger partial charge in [0.05, 0.1) is 14.6 Å². The Morgan fingerprint density at radius 2 is 1.61 bits per heavy atom. The molecule has 0 radical (unpaired) electrons. The number of nitrogens with zero attached hydrogens (tertiary/aromatic N) is 1. The number of ether oxygens (including phenoxy) is 1. The zero-order valence-corrected chi connectivity index (χ0v) is 19.9. The molecule has 0 atom stereocenters. The van der Waals surface area contributed by atoms with Gasteiger partial charge in [0.15, 0.2) is 0 Å². The molecular formula is C23H15Br2ClN2O3. The molecule has 0 bridgehead atoms. The first-order chi connectivity index (χ1) is 14.9. The summed E-state index contributed by atoms with van der Waals surface area (Å²) in [5.41, 5.74) is 4.76. The molecule has 5 nitrogen and oxygen atoms in total. The number of nitrogens with one attached hydrogen (secondary N) is 1. The molecule has 0 unspecified atom stereocenters. The fourth-order valence-corrected chi connectivity index (χ4v) is 4.69. The monoisotopic (exact) mass is 560 g/mol. The van der Waals surface area contributed by atoms with Gasteiger partial charge in [0, 0.05) is 10.6 Å². The summed E-state index contributed by atoms with van der Waals surface area (Å²) in [7, 11) is 0. The average molecular weight is 563 g/mol. The Labute approximate surface area is 200 Å². The van der Waals surface area contributed by atoms with E-state index in [2.05, 4.69) is 37.3 Å². The second kappa shape index (κ2) is 9.26. The van der Waals surface area contributed by atoms with Crippen LogP contribution in [0.2, 0.25) is 5.02 Å². The van der Waals surface area contributed by atoms with Gasteiger partial charge in [0.1, 0.15) is 17.9 Å². The maximum absolute atomic E-state index is 12.8. The lowest BCUT2D eigenvalue weighted by Crippen LogP contribution is -2.35. The van der Waals surface area contributed by atoms with Crippen LogP contribution in [0.15, 0.2) is 81.2 Å². The number of carbonyl (C=O) groups is 2. The molecule has 1 fully saturated rings. The van der Waals surface area contributed by atoms with Gasteiger partial charge in [-0.25, -0.2) is 5.01 Å². The third-order valence-electron chi connectivity index (χ3n) is 4.57. The minimum absolute atomic E-state index is 0.0485. The molecule has 1 N–H and O–H groups in total. The van der Waals surface area contributed by atoms with Gasteiger partial charge in [-0.15, -0.1) is 0 Å². The summed E-state index contributed by atoms with van der Waals surface area (Å²) < 4.78 is 7.27. The molecule has 8 heteroatoms. The molecule has 3 aromatic carbocycles. The minimum atomic E-state index is -0.458. The van der Waals surface area contributed by atoms with Crippen LogP contribution in [0.1, 0.15) is 11.1 Å². The van der Waals surface area contributed by atoms with Crippen LogP contribution in [0.3, 0.4) is 0 Å². The first-order valence-corrected chi connectivity index (χ1v) is 11.2. The minimum Gasteiger partial charge on any atom is -0.486 e. The van der Waals surface area contributed by atoms with Gasteiger partial charge in [-0.2, -0.15) is 0 Å². The van der Waals surface area contributed by atoms with Crippen LogP contribution in [-0.2, 0) is 16.2 Å². The normalized spacial score (nSPS) is 14.8. The third-order valence-corrected chi connectivity index (χ3v) is 6.11. The number of para-hydroxylation sites is 1. The van der Waals surface area contributed by atoms with Crippen molar-refractivity contribution in [3.63, 3.8) is 0 Å². The fourth-order valence-electron chi connectivity index (χ4n) is 3.05. The van der Waals surface area contributed by atoms with Crippen molar-refractivity contribution in [2.45, 2.75) is 6.61 Å². The molecule has 0 aromatic heterocycles. The number of hydrazine groups is 1. The predicted molar refractivity (Wildman–Crippen MR) is 128 cm³/mol. The van der Waals surface area contributed by atoms with E-state index in [1.165, 1.54) is 5.01 Å². The maximum Gasteiger partial charge on any atom is 0.282 e. The fraction of sp³-hybridized carbons (Fsp3) is 0.0435. The van der Waals surface area contributed by atoms with Crippen LogP contribution in [0.5, 0.6) is 5.75 Å². The van der Waals surface area contributed by atoms with Crippen molar-refractivity contribution in [2.75, 3.05) is 5.01 Å². The number of carbonyl (C=O) groups excluding carboxylic acids is 2. The molecule has 1 saturated heterocycles. The lowest BCUT2D eigenvalue weighted by Gasteiger charge is -2.14. The number of hydrogen-bond donors (Lipinski definition) is 1. The second-order valence-corrected chi connectivity index (χ2v) is 8.78. The Hall–Kier alpha value is -2.61. The van der Waals surface area contributed by atoms with E-state index in [1.54, 1.807) is 42.5 Å².